The summed E-state index contributed by atoms with van der Waals surface area (Å²) in [6.45, 7) is 1.54. The molecule has 10 heavy (non-hydrogen) atoms. The summed E-state index contributed by atoms with van der Waals surface area (Å²) < 4.78 is 0. The molecule has 0 rings (SSSR count). The molecule has 0 saturated heterocycles. The highest BCUT2D eigenvalue weighted by molar-refractivity contribution is 5.80. The third-order valence-corrected chi connectivity index (χ3v) is 1.30. The van der Waals surface area contributed by atoms with Gasteiger partial charge in [0.15, 0.2) is 0 Å². The maximum atomic E-state index is 10.6. The number of hydrogen-bond acceptors (Lipinski definition) is 3. The molecule has 0 spiro atoms. The number of likely N-dealkylation sites (N-methyl/N-ethyl adjacent to an activating group) is 1. The van der Waals surface area contributed by atoms with Crippen LogP contribution in [0.3, 0.4) is 0 Å². The number of nitrogens with two attached hydrogens (primary N) is 1. The summed E-state index contributed by atoms with van der Waals surface area (Å²) in [6.07, 6.45) is -0.715. The van der Waals surface area contributed by atoms with Crippen molar-refractivity contribution in [1.29, 1.82) is 0 Å². The average Bonchev–Trinajstić information content (AvgIpc) is 1.59. The van der Waals surface area contributed by atoms with Crippen LogP contribution in [0.2, 0.25) is 0 Å². The van der Waals surface area contributed by atoms with Gasteiger partial charge < -0.3 is 10.8 Å². The van der Waals surface area contributed by atoms with Gasteiger partial charge in [0.2, 0.25) is 5.91 Å². The average molecular weight is 146 g/mol. The second-order valence-corrected chi connectivity index (χ2v) is 2.55. The van der Waals surface area contributed by atoms with Gasteiger partial charge in [-0.1, -0.05) is 0 Å². The highest BCUT2D eigenvalue weighted by Crippen LogP contribution is 1.97. The maximum absolute atomic E-state index is 10.6. The third kappa shape index (κ3) is 2.33. The largest absolute Gasteiger partial charge is 0.391 e. The van der Waals surface area contributed by atoms with Gasteiger partial charge in [0.25, 0.3) is 0 Å². The summed E-state index contributed by atoms with van der Waals surface area (Å²) in [5.41, 5.74) is 5.00. The monoisotopic (exact) mass is 146 g/mol. The van der Waals surface area contributed by atoms with Crippen LogP contribution in [-0.4, -0.2) is 42.2 Å². The molecule has 0 bridgehead atoms. The Morgan fingerprint density at radius 1 is 1.60 bits per heavy atom. The van der Waals surface area contributed by atoms with E-state index in [1.807, 2.05) is 0 Å². The highest BCUT2D eigenvalue weighted by atomic mass is 16.3. The van der Waals surface area contributed by atoms with Crippen molar-refractivity contribution < 1.29 is 9.90 Å². The lowest BCUT2D eigenvalue weighted by atomic mass is 10.1. The fraction of sp³-hybridized carbons (Fsp3) is 0.833. The molecule has 2 atom stereocenters. The third-order valence-electron chi connectivity index (χ3n) is 1.30. The number of nitrogens with zero attached hydrogens (tertiary/aromatic N) is 1. The van der Waals surface area contributed by atoms with Crippen molar-refractivity contribution >= 4 is 5.91 Å². The lowest BCUT2D eigenvalue weighted by Crippen LogP contribution is -2.47. The SMILES string of the molecule is C[C@H](O)[C@@H](C(N)=O)N(C)C. The first-order chi connectivity index (χ1) is 4.46. The van der Waals surface area contributed by atoms with Gasteiger partial charge in [-0.15, -0.1) is 0 Å². The Labute approximate surface area is 60.6 Å². The van der Waals surface area contributed by atoms with Crippen molar-refractivity contribution in [2.24, 2.45) is 5.73 Å². The Bertz CT molecular complexity index is 115. The molecule has 0 saturated carbocycles. The number of aliphatic hydroxyl groups is 1. The Balaban J connectivity index is 4.12. The molecule has 0 fully saturated rings. The molecule has 3 N–H and O–H groups in total. The van der Waals surface area contributed by atoms with Crippen LogP contribution < -0.4 is 5.73 Å². The van der Waals surface area contributed by atoms with E-state index in [2.05, 4.69) is 0 Å². The van der Waals surface area contributed by atoms with Gasteiger partial charge in [-0.05, 0) is 21.0 Å². The standard InChI is InChI=1S/C6H14N2O2/c1-4(9)5(6(7)10)8(2)3/h4-5,9H,1-3H3,(H2,7,10)/t4-,5-/m0/s1. The minimum absolute atomic E-state index is 0.500. The first-order valence-electron chi connectivity index (χ1n) is 3.10. The Morgan fingerprint density at radius 2 is 2.00 bits per heavy atom. The number of hydrogen-bond donors (Lipinski definition) is 2. The zero-order valence-corrected chi connectivity index (χ0v) is 6.53. The number of carbonyl (C=O) groups excluding carboxylic acids is 1. The highest BCUT2D eigenvalue weighted by Gasteiger charge is 2.22. The zero-order chi connectivity index (χ0) is 8.31. The molecule has 0 radical (unpaired) electrons. The van der Waals surface area contributed by atoms with E-state index in [1.165, 1.54) is 6.92 Å². The molecule has 0 aliphatic heterocycles. The Kier molecular flexibility index (Phi) is 3.32. The summed E-state index contributed by atoms with van der Waals surface area (Å²) in [6, 6.07) is -0.583. The van der Waals surface area contributed by atoms with E-state index in [0.717, 1.165) is 0 Å². The van der Waals surface area contributed by atoms with E-state index in [9.17, 15) is 4.79 Å². The van der Waals surface area contributed by atoms with Crippen molar-refractivity contribution in [1.82, 2.24) is 4.90 Å². The normalized spacial score (nSPS) is 16.9. The number of carbonyl (C=O) groups is 1. The van der Waals surface area contributed by atoms with Crippen LogP contribution in [-0.2, 0) is 4.79 Å². The van der Waals surface area contributed by atoms with Crippen LogP contribution in [0.25, 0.3) is 0 Å². The molecule has 0 aromatic heterocycles. The van der Waals surface area contributed by atoms with Gasteiger partial charge in [0.05, 0.1) is 6.10 Å². The summed E-state index contributed by atoms with van der Waals surface area (Å²) in [7, 11) is 3.39. The van der Waals surface area contributed by atoms with E-state index >= 15 is 0 Å². The van der Waals surface area contributed by atoms with Crippen LogP contribution in [0.15, 0.2) is 0 Å². The van der Waals surface area contributed by atoms with Gasteiger partial charge in [-0.3, -0.25) is 9.69 Å². The van der Waals surface area contributed by atoms with Crippen LogP contribution in [0, 0.1) is 0 Å². The first-order valence-corrected chi connectivity index (χ1v) is 3.10. The second-order valence-electron chi connectivity index (χ2n) is 2.55. The summed E-state index contributed by atoms with van der Waals surface area (Å²) in [5.74, 6) is -0.500. The lowest BCUT2D eigenvalue weighted by molar-refractivity contribution is -0.125. The van der Waals surface area contributed by atoms with Gasteiger partial charge in [-0.2, -0.15) is 0 Å². The first kappa shape index (κ1) is 9.39. The van der Waals surface area contributed by atoms with Crippen molar-refractivity contribution in [3.63, 3.8) is 0 Å². The Hall–Kier alpha value is -0.610. The molecule has 0 heterocycles. The number of rotatable bonds is 3. The van der Waals surface area contributed by atoms with Gasteiger partial charge in [-0.25, -0.2) is 0 Å². The predicted octanol–water partition coefficient (Wildman–Crippen LogP) is -1.22. The van der Waals surface area contributed by atoms with E-state index in [4.69, 9.17) is 10.8 Å². The maximum Gasteiger partial charge on any atom is 0.237 e. The van der Waals surface area contributed by atoms with E-state index in [1.54, 1.807) is 19.0 Å². The van der Waals surface area contributed by atoms with Crippen molar-refractivity contribution in [3.05, 3.63) is 0 Å². The molecule has 0 aromatic carbocycles. The smallest absolute Gasteiger partial charge is 0.237 e. The minimum atomic E-state index is -0.715. The number of amides is 1. The molecular formula is C6H14N2O2. The van der Waals surface area contributed by atoms with E-state index < -0.39 is 18.1 Å². The van der Waals surface area contributed by atoms with Crippen LogP contribution >= 0.6 is 0 Å². The van der Waals surface area contributed by atoms with Crippen molar-refractivity contribution in [3.8, 4) is 0 Å². The molecular weight excluding hydrogens is 132 g/mol. The van der Waals surface area contributed by atoms with Crippen molar-refractivity contribution in [2.75, 3.05) is 14.1 Å². The van der Waals surface area contributed by atoms with Crippen LogP contribution in [0.1, 0.15) is 6.92 Å². The Morgan fingerprint density at radius 3 is 2.00 bits per heavy atom. The van der Waals surface area contributed by atoms with Crippen LogP contribution in [0.5, 0.6) is 0 Å². The van der Waals surface area contributed by atoms with E-state index in [-0.39, 0.29) is 0 Å². The molecule has 4 nitrogen and oxygen atoms in total. The van der Waals surface area contributed by atoms with E-state index in [0.29, 0.717) is 0 Å². The molecule has 0 aliphatic rings. The minimum Gasteiger partial charge on any atom is -0.391 e. The molecule has 1 amide bonds. The van der Waals surface area contributed by atoms with Gasteiger partial charge in [0.1, 0.15) is 6.04 Å². The van der Waals surface area contributed by atoms with Gasteiger partial charge >= 0.3 is 0 Å². The molecule has 0 aliphatic carbocycles. The molecule has 60 valence electrons. The summed E-state index contributed by atoms with van der Waals surface area (Å²) in [4.78, 5) is 12.2. The van der Waals surface area contributed by atoms with Crippen LogP contribution in [0.4, 0.5) is 0 Å². The fourth-order valence-electron chi connectivity index (χ4n) is 0.924. The second kappa shape index (κ2) is 3.53. The molecule has 0 aromatic rings. The number of aliphatic hydroxyl groups excluding tert-OH is 1. The number of primary amides is 1. The lowest BCUT2D eigenvalue weighted by Gasteiger charge is -2.23. The molecule has 0 unspecified atom stereocenters. The van der Waals surface area contributed by atoms with Crippen molar-refractivity contribution in [2.45, 2.75) is 19.1 Å². The topological polar surface area (TPSA) is 66.6 Å². The fourth-order valence-corrected chi connectivity index (χ4v) is 0.924. The summed E-state index contributed by atoms with van der Waals surface area (Å²) in [5, 5.41) is 9.01. The molecule has 4 heteroatoms. The quantitative estimate of drug-likeness (QED) is 0.524. The zero-order valence-electron chi connectivity index (χ0n) is 6.53. The predicted molar refractivity (Wildman–Crippen MR) is 38.4 cm³/mol. The van der Waals surface area contributed by atoms with Gasteiger partial charge in [0, 0.05) is 0 Å². The summed E-state index contributed by atoms with van der Waals surface area (Å²) >= 11 is 0.